The SMILES string of the molecule is COc1ccc(C(c2c[nH]c3ccccc23)S(=O)(=O)c2ccc(C)cc2)cc1. The Labute approximate surface area is 164 Å². The minimum atomic E-state index is -3.67. The molecule has 1 unspecified atom stereocenters. The fourth-order valence-corrected chi connectivity index (χ4v) is 5.31. The minimum Gasteiger partial charge on any atom is -0.497 e. The Kier molecular flexibility index (Phi) is 4.69. The predicted molar refractivity (Wildman–Crippen MR) is 112 cm³/mol. The summed E-state index contributed by atoms with van der Waals surface area (Å²) in [6.45, 7) is 1.94. The second-order valence-corrected chi connectivity index (χ2v) is 8.83. The van der Waals surface area contributed by atoms with Crippen LogP contribution in [0, 0.1) is 6.92 Å². The van der Waals surface area contributed by atoms with Crippen molar-refractivity contribution in [1.82, 2.24) is 4.98 Å². The fourth-order valence-electron chi connectivity index (χ4n) is 3.48. The number of aryl methyl sites for hydroxylation is 1. The van der Waals surface area contributed by atoms with Crippen molar-refractivity contribution < 1.29 is 13.2 Å². The summed E-state index contributed by atoms with van der Waals surface area (Å²) >= 11 is 0. The maximum absolute atomic E-state index is 13.7. The zero-order valence-electron chi connectivity index (χ0n) is 15.7. The van der Waals surface area contributed by atoms with Gasteiger partial charge < -0.3 is 9.72 Å². The number of ether oxygens (including phenoxy) is 1. The van der Waals surface area contributed by atoms with E-state index in [1.807, 2.05) is 55.5 Å². The van der Waals surface area contributed by atoms with Crippen LogP contribution in [0.15, 0.2) is 83.9 Å². The molecule has 4 rings (SSSR count). The number of para-hydroxylation sites is 1. The van der Waals surface area contributed by atoms with E-state index in [0.717, 1.165) is 22.0 Å². The first kappa shape index (κ1) is 18.3. The molecule has 1 aromatic heterocycles. The van der Waals surface area contributed by atoms with E-state index >= 15 is 0 Å². The number of sulfone groups is 1. The number of hydrogen-bond acceptors (Lipinski definition) is 3. The maximum Gasteiger partial charge on any atom is 0.189 e. The van der Waals surface area contributed by atoms with Gasteiger partial charge in [0.05, 0.1) is 12.0 Å². The molecule has 5 heteroatoms. The number of fused-ring (bicyclic) bond motifs is 1. The fraction of sp³-hybridized carbons (Fsp3) is 0.130. The summed E-state index contributed by atoms with van der Waals surface area (Å²) in [4.78, 5) is 3.51. The lowest BCUT2D eigenvalue weighted by molar-refractivity contribution is 0.414. The summed E-state index contributed by atoms with van der Waals surface area (Å²) in [5, 5.41) is 0.0799. The maximum atomic E-state index is 13.7. The van der Waals surface area contributed by atoms with Crippen LogP contribution in [0.4, 0.5) is 0 Å². The summed E-state index contributed by atoms with van der Waals surface area (Å²) in [5.74, 6) is 0.689. The number of aromatic amines is 1. The molecule has 0 saturated carbocycles. The molecule has 1 atom stereocenters. The van der Waals surface area contributed by atoms with Gasteiger partial charge in [-0.3, -0.25) is 0 Å². The van der Waals surface area contributed by atoms with Crippen LogP contribution in [-0.2, 0) is 9.84 Å². The summed E-state index contributed by atoms with van der Waals surface area (Å²) < 4.78 is 32.6. The van der Waals surface area contributed by atoms with Crippen molar-refractivity contribution in [3.05, 3.63) is 95.7 Å². The molecule has 0 aliphatic rings. The lowest BCUT2D eigenvalue weighted by atomic mass is 10.0. The van der Waals surface area contributed by atoms with Gasteiger partial charge in [0, 0.05) is 22.7 Å². The molecule has 0 fully saturated rings. The van der Waals surface area contributed by atoms with Crippen LogP contribution < -0.4 is 4.74 Å². The topological polar surface area (TPSA) is 59.2 Å². The molecule has 4 nitrogen and oxygen atoms in total. The molecule has 142 valence electrons. The molecule has 1 heterocycles. The van der Waals surface area contributed by atoms with E-state index in [9.17, 15) is 8.42 Å². The highest BCUT2D eigenvalue weighted by Gasteiger charge is 2.32. The van der Waals surface area contributed by atoms with Crippen LogP contribution in [0.2, 0.25) is 0 Å². The zero-order chi connectivity index (χ0) is 19.7. The first-order valence-corrected chi connectivity index (χ1v) is 10.6. The molecule has 0 aliphatic carbocycles. The van der Waals surface area contributed by atoms with E-state index in [0.29, 0.717) is 16.2 Å². The second-order valence-electron chi connectivity index (χ2n) is 6.80. The number of nitrogens with one attached hydrogen (secondary N) is 1. The third-order valence-electron chi connectivity index (χ3n) is 4.98. The van der Waals surface area contributed by atoms with Crippen molar-refractivity contribution in [3.8, 4) is 5.75 Å². The highest BCUT2D eigenvalue weighted by molar-refractivity contribution is 7.92. The van der Waals surface area contributed by atoms with Gasteiger partial charge in [0.1, 0.15) is 11.0 Å². The number of H-pyrrole nitrogens is 1. The summed E-state index contributed by atoms with van der Waals surface area (Å²) in [6, 6.07) is 22.0. The first-order valence-electron chi connectivity index (χ1n) is 9.01. The first-order chi connectivity index (χ1) is 13.5. The van der Waals surface area contributed by atoms with Gasteiger partial charge in [-0.1, -0.05) is 48.0 Å². The summed E-state index contributed by atoms with van der Waals surface area (Å²) in [7, 11) is -2.07. The molecule has 0 radical (unpaired) electrons. The Morgan fingerprint density at radius 2 is 1.57 bits per heavy atom. The van der Waals surface area contributed by atoms with Gasteiger partial charge in [0.25, 0.3) is 0 Å². The largest absolute Gasteiger partial charge is 0.497 e. The van der Waals surface area contributed by atoms with Gasteiger partial charge in [-0.05, 0) is 42.8 Å². The van der Waals surface area contributed by atoms with Gasteiger partial charge in [-0.25, -0.2) is 8.42 Å². The average molecular weight is 391 g/mol. The molecule has 3 aromatic carbocycles. The van der Waals surface area contributed by atoms with Crippen molar-refractivity contribution in [2.45, 2.75) is 17.1 Å². The molecule has 0 amide bonds. The van der Waals surface area contributed by atoms with E-state index in [2.05, 4.69) is 4.98 Å². The normalized spacial score (nSPS) is 12.8. The van der Waals surface area contributed by atoms with Crippen LogP contribution in [0.1, 0.15) is 21.9 Å². The van der Waals surface area contributed by atoms with E-state index in [1.54, 1.807) is 37.6 Å². The highest BCUT2D eigenvalue weighted by Crippen LogP contribution is 2.39. The van der Waals surface area contributed by atoms with Crippen LogP contribution >= 0.6 is 0 Å². The number of methoxy groups -OCH3 is 1. The Balaban J connectivity index is 1.94. The van der Waals surface area contributed by atoms with Gasteiger partial charge in [-0.2, -0.15) is 0 Å². The number of rotatable bonds is 5. The minimum absolute atomic E-state index is 0.309. The van der Waals surface area contributed by atoms with Gasteiger partial charge in [0.15, 0.2) is 9.84 Å². The van der Waals surface area contributed by atoms with Crippen LogP contribution in [-0.4, -0.2) is 20.5 Å². The standard InChI is InChI=1S/C23H21NO3S/c1-16-7-13-19(14-8-16)28(25,26)23(17-9-11-18(27-2)12-10-17)21-15-24-22-6-4-3-5-20(21)22/h3-15,23-24H,1-2H3. The van der Waals surface area contributed by atoms with Crippen molar-refractivity contribution in [2.24, 2.45) is 0 Å². The van der Waals surface area contributed by atoms with Gasteiger partial charge >= 0.3 is 0 Å². The number of benzene rings is 3. The average Bonchev–Trinajstić information content (AvgIpc) is 3.13. The van der Waals surface area contributed by atoms with Crippen molar-refractivity contribution in [1.29, 1.82) is 0 Å². The highest BCUT2D eigenvalue weighted by atomic mass is 32.2. The van der Waals surface area contributed by atoms with Crippen LogP contribution in [0.25, 0.3) is 10.9 Å². The Morgan fingerprint density at radius 3 is 2.25 bits per heavy atom. The van der Waals surface area contributed by atoms with Crippen molar-refractivity contribution >= 4 is 20.7 Å². The van der Waals surface area contributed by atoms with E-state index in [4.69, 9.17) is 4.74 Å². The smallest absolute Gasteiger partial charge is 0.189 e. The van der Waals surface area contributed by atoms with Crippen molar-refractivity contribution in [3.63, 3.8) is 0 Å². The molecule has 1 N–H and O–H groups in total. The van der Waals surface area contributed by atoms with Gasteiger partial charge in [0.2, 0.25) is 0 Å². The van der Waals surface area contributed by atoms with E-state index in [-0.39, 0.29) is 0 Å². The predicted octanol–water partition coefficient (Wildman–Crippen LogP) is 5.05. The van der Waals surface area contributed by atoms with Crippen LogP contribution in [0.5, 0.6) is 5.75 Å². The molecular formula is C23H21NO3S. The van der Waals surface area contributed by atoms with Crippen LogP contribution in [0.3, 0.4) is 0 Å². The Morgan fingerprint density at radius 1 is 0.893 bits per heavy atom. The summed E-state index contributed by atoms with van der Waals surface area (Å²) in [6.07, 6.45) is 1.80. The lowest BCUT2D eigenvalue weighted by Gasteiger charge is -2.19. The zero-order valence-corrected chi connectivity index (χ0v) is 16.5. The third kappa shape index (κ3) is 3.18. The second kappa shape index (κ2) is 7.17. The molecular weight excluding hydrogens is 370 g/mol. The molecule has 28 heavy (non-hydrogen) atoms. The molecule has 0 aliphatic heterocycles. The number of hydrogen-bond donors (Lipinski definition) is 1. The van der Waals surface area contributed by atoms with E-state index in [1.165, 1.54) is 0 Å². The molecule has 0 spiro atoms. The van der Waals surface area contributed by atoms with Crippen molar-refractivity contribution in [2.75, 3.05) is 7.11 Å². The third-order valence-corrected chi connectivity index (χ3v) is 7.06. The molecule has 0 saturated heterocycles. The molecule has 0 bridgehead atoms. The summed E-state index contributed by atoms with van der Waals surface area (Å²) in [5.41, 5.74) is 3.37. The molecule has 4 aromatic rings. The quantitative estimate of drug-likeness (QED) is 0.518. The Bertz CT molecular complexity index is 1210. The van der Waals surface area contributed by atoms with Gasteiger partial charge in [-0.15, -0.1) is 0 Å². The lowest BCUT2D eigenvalue weighted by Crippen LogP contribution is -2.15. The monoisotopic (exact) mass is 391 g/mol. The van der Waals surface area contributed by atoms with E-state index < -0.39 is 15.1 Å². The Hall–Kier alpha value is -3.05. The number of aromatic nitrogens is 1.